The summed E-state index contributed by atoms with van der Waals surface area (Å²) in [5.41, 5.74) is 0.524. The second kappa shape index (κ2) is 6.66. The summed E-state index contributed by atoms with van der Waals surface area (Å²) < 4.78 is 4.76. The van der Waals surface area contributed by atoms with Crippen molar-refractivity contribution in [2.45, 2.75) is 19.8 Å². The minimum atomic E-state index is -0.225. The zero-order valence-electron chi connectivity index (χ0n) is 9.29. The molecule has 0 atom stereocenters. The van der Waals surface area contributed by atoms with Crippen LogP contribution in [0.2, 0.25) is 0 Å². The van der Waals surface area contributed by atoms with Crippen molar-refractivity contribution in [3.63, 3.8) is 0 Å². The smallest absolute Gasteiger partial charge is 0.305 e. The highest BCUT2D eigenvalue weighted by molar-refractivity contribution is 5.92. The first-order valence-corrected chi connectivity index (χ1v) is 5.31. The van der Waals surface area contributed by atoms with E-state index in [0.717, 1.165) is 0 Å². The summed E-state index contributed by atoms with van der Waals surface area (Å²) in [6.45, 7) is 2.63. The van der Waals surface area contributed by atoms with Crippen LogP contribution in [0, 0.1) is 0 Å². The fourth-order valence-corrected chi connectivity index (χ4v) is 1.23. The molecule has 0 aliphatic heterocycles. The molecule has 0 saturated heterocycles. The maximum absolute atomic E-state index is 11.4. The van der Waals surface area contributed by atoms with Crippen LogP contribution in [-0.4, -0.2) is 30.0 Å². The summed E-state index contributed by atoms with van der Waals surface area (Å²) in [6, 6.07) is 3.45. The zero-order valence-corrected chi connectivity index (χ0v) is 9.29. The van der Waals surface area contributed by atoms with Crippen molar-refractivity contribution in [3.05, 3.63) is 24.0 Å². The summed E-state index contributed by atoms with van der Waals surface area (Å²) in [7, 11) is 0. The minimum Gasteiger partial charge on any atom is -0.466 e. The van der Waals surface area contributed by atoms with Gasteiger partial charge >= 0.3 is 5.97 Å². The number of hydrogen-bond donors (Lipinski definition) is 2. The summed E-state index contributed by atoms with van der Waals surface area (Å²) in [5.74, 6) is -0.384. The Bertz CT molecular complexity index is 333. The van der Waals surface area contributed by atoms with Crippen LogP contribution < -0.4 is 5.32 Å². The van der Waals surface area contributed by atoms with Gasteiger partial charge in [0.25, 0.3) is 5.91 Å². The van der Waals surface area contributed by atoms with Crippen LogP contribution in [0.3, 0.4) is 0 Å². The molecular weight excluding hydrogens is 208 g/mol. The molecule has 1 rings (SSSR count). The summed E-state index contributed by atoms with van der Waals surface area (Å²) >= 11 is 0. The van der Waals surface area contributed by atoms with E-state index in [-0.39, 0.29) is 11.9 Å². The quantitative estimate of drug-likeness (QED) is 0.561. The molecule has 1 aromatic rings. The summed E-state index contributed by atoms with van der Waals surface area (Å²) in [4.78, 5) is 25.2. The molecule has 0 aliphatic rings. The molecule has 0 unspecified atom stereocenters. The maximum atomic E-state index is 11.4. The SMILES string of the molecule is CCOC(=O)CCCNC(=O)c1ccc[nH]1. The lowest BCUT2D eigenvalue weighted by atomic mass is 10.3. The van der Waals surface area contributed by atoms with Gasteiger partial charge in [-0.25, -0.2) is 0 Å². The number of hydrogen-bond acceptors (Lipinski definition) is 3. The molecule has 0 radical (unpaired) electrons. The number of carbonyl (C=O) groups excluding carboxylic acids is 2. The van der Waals surface area contributed by atoms with Gasteiger partial charge in [-0.3, -0.25) is 9.59 Å². The van der Waals surface area contributed by atoms with Crippen LogP contribution in [-0.2, 0) is 9.53 Å². The largest absolute Gasteiger partial charge is 0.466 e. The average Bonchev–Trinajstić information content (AvgIpc) is 2.78. The summed E-state index contributed by atoms with van der Waals surface area (Å²) in [6.07, 6.45) is 2.61. The van der Waals surface area contributed by atoms with Gasteiger partial charge in [0, 0.05) is 19.2 Å². The number of esters is 1. The predicted molar refractivity (Wildman–Crippen MR) is 59.0 cm³/mol. The van der Waals surface area contributed by atoms with Crippen LogP contribution in [0.1, 0.15) is 30.3 Å². The second-order valence-electron chi connectivity index (χ2n) is 3.25. The first kappa shape index (κ1) is 12.3. The molecule has 1 amide bonds. The molecule has 0 bridgehead atoms. The highest BCUT2D eigenvalue weighted by Crippen LogP contribution is 1.95. The molecule has 1 heterocycles. The van der Waals surface area contributed by atoms with Crippen LogP contribution in [0.25, 0.3) is 0 Å². The van der Waals surface area contributed by atoms with Gasteiger partial charge in [-0.1, -0.05) is 0 Å². The first-order chi connectivity index (χ1) is 7.74. The highest BCUT2D eigenvalue weighted by atomic mass is 16.5. The predicted octanol–water partition coefficient (Wildman–Crippen LogP) is 1.09. The molecule has 88 valence electrons. The van der Waals surface area contributed by atoms with E-state index in [0.29, 0.717) is 31.7 Å². The van der Waals surface area contributed by atoms with E-state index in [1.807, 2.05) is 0 Å². The van der Waals surface area contributed by atoms with Crippen molar-refractivity contribution in [1.82, 2.24) is 10.3 Å². The molecule has 0 aromatic carbocycles. The summed E-state index contributed by atoms with van der Waals surface area (Å²) in [5, 5.41) is 2.70. The van der Waals surface area contributed by atoms with E-state index in [9.17, 15) is 9.59 Å². The van der Waals surface area contributed by atoms with E-state index >= 15 is 0 Å². The van der Waals surface area contributed by atoms with Crippen molar-refractivity contribution < 1.29 is 14.3 Å². The first-order valence-electron chi connectivity index (χ1n) is 5.31. The Kier molecular flexibility index (Phi) is 5.11. The van der Waals surface area contributed by atoms with E-state index in [2.05, 4.69) is 10.3 Å². The van der Waals surface area contributed by atoms with Gasteiger partial charge in [0.15, 0.2) is 0 Å². The highest BCUT2D eigenvalue weighted by Gasteiger charge is 2.05. The number of aromatic nitrogens is 1. The van der Waals surface area contributed by atoms with Crippen molar-refractivity contribution in [3.8, 4) is 0 Å². The van der Waals surface area contributed by atoms with Crippen molar-refractivity contribution in [2.24, 2.45) is 0 Å². The van der Waals surface area contributed by atoms with E-state index in [1.165, 1.54) is 0 Å². The minimum absolute atomic E-state index is 0.158. The molecule has 1 aromatic heterocycles. The number of H-pyrrole nitrogens is 1. The van der Waals surface area contributed by atoms with Gasteiger partial charge in [0.1, 0.15) is 5.69 Å². The Hall–Kier alpha value is -1.78. The van der Waals surface area contributed by atoms with Gasteiger partial charge in [-0.05, 0) is 25.5 Å². The van der Waals surface area contributed by atoms with Gasteiger partial charge in [0.2, 0.25) is 0 Å². The number of carbonyl (C=O) groups is 2. The van der Waals surface area contributed by atoms with Crippen molar-refractivity contribution in [1.29, 1.82) is 0 Å². The molecule has 5 nitrogen and oxygen atoms in total. The van der Waals surface area contributed by atoms with Gasteiger partial charge < -0.3 is 15.0 Å². The fourth-order valence-electron chi connectivity index (χ4n) is 1.23. The van der Waals surface area contributed by atoms with Gasteiger partial charge in [0.05, 0.1) is 6.61 Å². The Morgan fingerprint density at radius 3 is 2.94 bits per heavy atom. The second-order valence-corrected chi connectivity index (χ2v) is 3.25. The van der Waals surface area contributed by atoms with Crippen molar-refractivity contribution in [2.75, 3.05) is 13.2 Å². The number of aromatic amines is 1. The molecule has 2 N–H and O–H groups in total. The zero-order chi connectivity index (χ0) is 11.8. The molecule has 0 fully saturated rings. The van der Waals surface area contributed by atoms with Gasteiger partial charge in [-0.2, -0.15) is 0 Å². The van der Waals surface area contributed by atoms with Crippen LogP contribution >= 0.6 is 0 Å². The van der Waals surface area contributed by atoms with E-state index in [4.69, 9.17) is 4.74 Å². The molecule has 16 heavy (non-hydrogen) atoms. The third-order valence-electron chi connectivity index (χ3n) is 1.99. The number of ether oxygens (including phenoxy) is 1. The van der Waals surface area contributed by atoms with Gasteiger partial charge in [-0.15, -0.1) is 0 Å². The molecule has 0 spiro atoms. The molecular formula is C11H16N2O3. The standard InChI is InChI=1S/C11H16N2O3/c1-2-16-10(14)6-4-8-13-11(15)9-5-3-7-12-9/h3,5,7,12H,2,4,6,8H2,1H3,(H,13,15). The third kappa shape index (κ3) is 4.16. The van der Waals surface area contributed by atoms with Crippen LogP contribution in [0.4, 0.5) is 0 Å². The van der Waals surface area contributed by atoms with E-state index < -0.39 is 0 Å². The molecule has 5 heteroatoms. The lowest BCUT2D eigenvalue weighted by Gasteiger charge is -2.03. The molecule has 0 aliphatic carbocycles. The number of amides is 1. The monoisotopic (exact) mass is 224 g/mol. The normalized spacial score (nSPS) is 9.81. The number of rotatable bonds is 6. The molecule has 0 saturated carbocycles. The van der Waals surface area contributed by atoms with E-state index in [1.54, 1.807) is 25.3 Å². The fraction of sp³-hybridized carbons (Fsp3) is 0.455. The lowest BCUT2D eigenvalue weighted by Crippen LogP contribution is -2.25. The maximum Gasteiger partial charge on any atom is 0.305 e. The number of nitrogens with one attached hydrogen (secondary N) is 2. The Labute approximate surface area is 94.2 Å². The Morgan fingerprint density at radius 1 is 1.50 bits per heavy atom. The third-order valence-corrected chi connectivity index (χ3v) is 1.99. The van der Waals surface area contributed by atoms with Crippen LogP contribution in [0.5, 0.6) is 0 Å². The lowest BCUT2D eigenvalue weighted by molar-refractivity contribution is -0.143. The van der Waals surface area contributed by atoms with Crippen LogP contribution in [0.15, 0.2) is 18.3 Å². The van der Waals surface area contributed by atoms with Crippen molar-refractivity contribution >= 4 is 11.9 Å². The Morgan fingerprint density at radius 2 is 2.31 bits per heavy atom. The Balaban J connectivity index is 2.12. The topological polar surface area (TPSA) is 71.2 Å². The average molecular weight is 224 g/mol.